The van der Waals surface area contributed by atoms with E-state index in [0.717, 1.165) is 42.1 Å². The fraction of sp³-hybridized carbons (Fsp3) is 0.607. The minimum absolute atomic E-state index is 0.0616. The number of ketones is 1. The number of rotatable bonds is 3. The minimum Gasteiger partial charge on any atom is -0.466 e. The van der Waals surface area contributed by atoms with Gasteiger partial charge in [0.1, 0.15) is 0 Å². The molecule has 1 aromatic rings. The van der Waals surface area contributed by atoms with Crippen LogP contribution in [0.25, 0.3) is 0 Å². The summed E-state index contributed by atoms with van der Waals surface area (Å²) in [6, 6.07) is 7.28. The lowest BCUT2D eigenvalue weighted by molar-refractivity contribution is -0.185. The van der Waals surface area contributed by atoms with Crippen molar-refractivity contribution >= 4 is 40.3 Å². The molecule has 3 saturated carbocycles. The summed E-state index contributed by atoms with van der Waals surface area (Å²) in [6.45, 7) is 4.50. The van der Waals surface area contributed by atoms with Gasteiger partial charge in [-0.15, -0.1) is 0 Å². The minimum atomic E-state index is -1.27. The molecule has 0 radical (unpaired) electrons. The van der Waals surface area contributed by atoms with Gasteiger partial charge in [-0.05, 0) is 115 Å². The summed E-state index contributed by atoms with van der Waals surface area (Å²) in [7, 11) is 1.39. The molecule has 0 heterocycles. The van der Waals surface area contributed by atoms with E-state index in [1.54, 1.807) is 12.1 Å². The molecule has 0 spiro atoms. The number of fused-ring (bicyclic) bond motifs is 5. The van der Waals surface area contributed by atoms with E-state index < -0.39 is 23.0 Å². The second kappa shape index (κ2) is 8.45. The standard InChI is InChI=1S/C28H33IO5/c1-26-12-9-20(30)16-18(26)7-8-21-22(26)10-13-27(2)23(21)11-14-28(27,25(32)33-3)34-24(31)17-5-4-6-19(29)15-17/h4-6,15-16,21-23H,7-14H2,1-3H3/t21-,22-,23+,26+,27+,28?/m1/s1. The van der Waals surface area contributed by atoms with E-state index >= 15 is 0 Å². The maximum atomic E-state index is 13.4. The van der Waals surface area contributed by atoms with E-state index in [1.165, 1.54) is 12.7 Å². The van der Waals surface area contributed by atoms with Crippen molar-refractivity contribution in [2.75, 3.05) is 7.11 Å². The quantitative estimate of drug-likeness (QED) is 0.332. The Kier molecular flexibility index (Phi) is 5.97. The van der Waals surface area contributed by atoms with Gasteiger partial charge in [-0.25, -0.2) is 9.59 Å². The monoisotopic (exact) mass is 576 g/mol. The van der Waals surface area contributed by atoms with Crippen molar-refractivity contribution in [3.05, 3.63) is 45.0 Å². The summed E-state index contributed by atoms with van der Waals surface area (Å²) in [5.41, 5.74) is 0.112. The molecule has 4 aliphatic carbocycles. The third-order valence-corrected chi connectivity index (χ3v) is 10.6. The lowest BCUT2D eigenvalue weighted by Gasteiger charge is -2.58. The van der Waals surface area contributed by atoms with Crippen LogP contribution in [0.15, 0.2) is 35.9 Å². The molecule has 5 rings (SSSR count). The highest BCUT2D eigenvalue weighted by atomic mass is 127. The van der Waals surface area contributed by atoms with E-state index in [9.17, 15) is 14.4 Å². The summed E-state index contributed by atoms with van der Waals surface area (Å²) < 4.78 is 12.5. The maximum absolute atomic E-state index is 13.4. The fourth-order valence-corrected chi connectivity index (χ4v) is 8.64. The van der Waals surface area contributed by atoms with Crippen LogP contribution in [0.4, 0.5) is 0 Å². The summed E-state index contributed by atoms with van der Waals surface area (Å²) in [5, 5.41) is 0. The van der Waals surface area contributed by atoms with Gasteiger partial charge in [0.05, 0.1) is 12.7 Å². The molecule has 4 aliphatic rings. The highest BCUT2D eigenvalue weighted by molar-refractivity contribution is 14.1. The third kappa shape index (κ3) is 3.41. The Morgan fingerprint density at radius 3 is 2.53 bits per heavy atom. The lowest BCUT2D eigenvalue weighted by atomic mass is 9.46. The van der Waals surface area contributed by atoms with Crippen molar-refractivity contribution in [3.8, 4) is 0 Å². The van der Waals surface area contributed by atoms with Gasteiger partial charge in [0.2, 0.25) is 5.60 Å². The Labute approximate surface area is 215 Å². The molecule has 3 fully saturated rings. The van der Waals surface area contributed by atoms with Gasteiger partial charge >= 0.3 is 11.9 Å². The largest absolute Gasteiger partial charge is 0.466 e. The molecule has 1 aromatic carbocycles. The van der Waals surface area contributed by atoms with Gasteiger partial charge in [-0.1, -0.05) is 25.5 Å². The van der Waals surface area contributed by atoms with Crippen molar-refractivity contribution in [1.82, 2.24) is 0 Å². The van der Waals surface area contributed by atoms with Crippen LogP contribution in [0, 0.1) is 32.2 Å². The molecule has 0 N–H and O–H groups in total. The fourth-order valence-electron chi connectivity index (χ4n) is 8.10. The molecule has 0 saturated heterocycles. The molecule has 6 heteroatoms. The molecule has 34 heavy (non-hydrogen) atoms. The van der Waals surface area contributed by atoms with E-state index in [1.807, 2.05) is 18.2 Å². The summed E-state index contributed by atoms with van der Waals surface area (Å²) in [6.07, 6.45) is 8.58. The summed E-state index contributed by atoms with van der Waals surface area (Å²) in [4.78, 5) is 38.8. The zero-order valence-corrected chi connectivity index (χ0v) is 22.4. The summed E-state index contributed by atoms with van der Waals surface area (Å²) in [5.74, 6) is 0.612. The van der Waals surface area contributed by atoms with Crippen molar-refractivity contribution in [2.45, 2.75) is 70.8 Å². The van der Waals surface area contributed by atoms with Crippen molar-refractivity contribution < 1.29 is 23.9 Å². The topological polar surface area (TPSA) is 69.7 Å². The smallest absolute Gasteiger partial charge is 0.350 e. The molecule has 0 aliphatic heterocycles. The van der Waals surface area contributed by atoms with E-state index in [-0.39, 0.29) is 17.1 Å². The number of esters is 2. The van der Waals surface area contributed by atoms with Gasteiger partial charge in [0.15, 0.2) is 5.78 Å². The number of methoxy groups -OCH3 is 1. The Morgan fingerprint density at radius 1 is 1.03 bits per heavy atom. The van der Waals surface area contributed by atoms with Crippen LogP contribution in [-0.2, 0) is 19.1 Å². The van der Waals surface area contributed by atoms with Gasteiger partial charge < -0.3 is 9.47 Å². The summed E-state index contributed by atoms with van der Waals surface area (Å²) >= 11 is 2.17. The average Bonchev–Trinajstić information content (AvgIpc) is 3.12. The van der Waals surface area contributed by atoms with Crippen LogP contribution in [0.5, 0.6) is 0 Å². The lowest BCUT2D eigenvalue weighted by Crippen LogP contribution is -2.59. The number of carbonyl (C=O) groups is 3. The van der Waals surface area contributed by atoms with Crippen LogP contribution in [-0.4, -0.2) is 30.4 Å². The van der Waals surface area contributed by atoms with Crippen LogP contribution in [0.2, 0.25) is 0 Å². The molecule has 0 bridgehead atoms. The van der Waals surface area contributed by atoms with Gasteiger partial charge in [0.25, 0.3) is 0 Å². The first-order valence-electron chi connectivity index (χ1n) is 12.5. The van der Waals surface area contributed by atoms with E-state index in [2.05, 4.69) is 36.4 Å². The van der Waals surface area contributed by atoms with Gasteiger partial charge in [0, 0.05) is 15.4 Å². The van der Waals surface area contributed by atoms with E-state index in [4.69, 9.17) is 9.47 Å². The number of halogens is 1. The molecular weight excluding hydrogens is 543 g/mol. The molecular formula is C28H33IO5. The molecule has 0 amide bonds. The normalized spacial score (nSPS) is 38.8. The Morgan fingerprint density at radius 2 is 1.79 bits per heavy atom. The molecule has 6 atom stereocenters. The van der Waals surface area contributed by atoms with Gasteiger partial charge in [-0.2, -0.15) is 0 Å². The molecule has 0 aromatic heterocycles. The first kappa shape index (κ1) is 24.0. The van der Waals surface area contributed by atoms with Crippen LogP contribution >= 0.6 is 22.6 Å². The van der Waals surface area contributed by atoms with Crippen molar-refractivity contribution in [1.29, 1.82) is 0 Å². The average molecular weight is 576 g/mol. The second-order valence-corrected chi connectivity index (χ2v) is 12.4. The number of allylic oxidation sites excluding steroid dienone is 1. The number of hydrogen-bond acceptors (Lipinski definition) is 5. The molecule has 182 valence electrons. The van der Waals surface area contributed by atoms with Gasteiger partial charge in [-0.3, -0.25) is 4.79 Å². The van der Waals surface area contributed by atoms with Crippen molar-refractivity contribution in [3.63, 3.8) is 0 Å². The second-order valence-electron chi connectivity index (χ2n) is 11.2. The maximum Gasteiger partial charge on any atom is 0.350 e. The third-order valence-electron chi connectivity index (χ3n) is 9.92. The first-order chi connectivity index (χ1) is 16.1. The number of benzene rings is 1. The molecule has 5 nitrogen and oxygen atoms in total. The van der Waals surface area contributed by atoms with Crippen molar-refractivity contribution in [2.24, 2.45) is 28.6 Å². The zero-order valence-electron chi connectivity index (χ0n) is 20.2. The SMILES string of the molecule is COC(=O)C1(OC(=O)c2cccc(I)c2)CC[C@H]2[C@@H]3CCC4=CC(=O)CC[C@]4(C)[C@@H]3CC[C@@]21C. The Balaban J connectivity index is 1.49. The van der Waals surface area contributed by atoms with E-state index in [0.29, 0.717) is 30.2 Å². The Hall–Kier alpha value is -1.70. The number of carbonyl (C=O) groups excluding carboxylic acids is 3. The first-order valence-corrected chi connectivity index (χ1v) is 13.5. The highest BCUT2D eigenvalue weighted by Gasteiger charge is 2.69. The van der Waals surface area contributed by atoms with Crippen LogP contribution in [0.1, 0.15) is 75.6 Å². The number of ether oxygens (including phenoxy) is 2. The number of hydrogen-bond donors (Lipinski definition) is 0. The molecule has 1 unspecified atom stereocenters. The Bertz CT molecular complexity index is 1080. The van der Waals surface area contributed by atoms with Crippen LogP contribution < -0.4 is 0 Å². The van der Waals surface area contributed by atoms with Crippen LogP contribution in [0.3, 0.4) is 0 Å². The zero-order chi connectivity index (χ0) is 24.3. The predicted octanol–water partition coefficient (Wildman–Crippen LogP) is 5.89. The highest BCUT2D eigenvalue weighted by Crippen LogP contribution is 2.68. The predicted molar refractivity (Wildman–Crippen MR) is 136 cm³/mol.